The highest BCUT2D eigenvalue weighted by Gasteiger charge is 2.44. The second-order valence-electron chi connectivity index (χ2n) is 6.61. The molecule has 2 aliphatic heterocycles. The number of piperidine rings is 1. The number of nitrogens with zero attached hydrogens (tertiary/aromatic N) is 1. The van der Waals surface area contributed by atoms with Gasteiger partial charge in [0, 0.05) is 18.2 Å². The molecule has 2 aliphatic rings. The van der Waals surface area contributed by atoms with Crippen LogP contribution in [-0.2, 0) is 4.79 Å². The van der Waals surface area contributed by atoms with Crippen LogP contribution in [-0.4, -0.2) is 24.7 Å². The molecule has 8 heteroatoms. The number of halogens is 4. The van der Waals surface area contributed by atoms with Gasteiger partial charge in [-0.1, -0.05) is 18.2 Å². The molecule has 0 aromatic heterocycles. The van der Waals surface area contributed by atoms with Gasteiger partial charge in [0.25, 0.3) is 0 Å². The van der Waals surface area contributed by atoms with Gasteiger partial charge in [-0.3, -0.25) is 4.79 Å². The van der Waals surface area contributed by atoms with E-state index in [9.17, 15) is 22.4 Å². The lowest BCUT2D eigenvalue weighted by Crippen LogP contribution is -2.52. The van der Waals surface area contributed by atoms with Crippen molar-refractivity contribution in [1.29, 1.82) is 0 Å². The van der Waals surface area contributed by atoms with Crippen molar-refractivity contribution in [3.8, 4) is 11.5 Å². The normalized spacial score (nSPS) is 21.3. The van der Waals surface area contributed by atoms with E-state index in [2.05, 4.69) is 5.32 Å². The highest BCUT2D eigenvalue weighted by Crippen LogP contribution is 2.47. The van der Waals surface area contributed by atoms with Crippen molar-refractivity contribution in [2.45, 2.75) is 31.1 Å². The number of fused-ring (bicyclic) bond motifs is 5. The number of ether oxygens (including phenoxy) is 1. The molecule has 0 saturated carbocycles. The highest BCUT2D eigenvalue weighted by molar-refractivity contribution is 5.82. The summed E-state index contributed by atoms with van der Waals surface area (Å²) in [6.07, 6.45) is -4.04. The van der Waals surface area contributed by atoms with Crippen LogP contribution in [0.2, 0.25) is 0 Å². The molecule has 0 radical (unpaired) electrons. The van der Waals surface area contributed by atoms with E-state index in [0.29, 0.717) is 42.1 Å². The number of anilines is 1. The van der Waals surface area contributed by atoms with Crippen LogP contribution >= 0.6 is 0 Å². The van der Waals surface area contributed by atoms with Crippen LogP contribution in [0.25, 0.3) is 0 Å². The summed E-state index contributed by atoms with van der Waals surface area (Å²) in [6, 6.07) is 9.68. The van der Waals surface area contributed by atoms with Gasteiger partial charge in [-0.25, -0.2) is 4.39 Å². The average molecular weight is 380 g/mol. The van der Waals surface area contributed by atoms with Gasteiger partial charge in [-0.2, -0.15) is 13.2 Å². The third-order valence-electron chi connectivity index (χ3n) is 4.89. The van der Waals surface area contributed by atoms with E-state index >= 15 is 0 Å². The zero-order chi connectivity index (χ0) is 19.2. The molecular weight excluding hydrogens is 364 g/mol. The third-order valence-corrected chi connectivity index (χ3v) is 4.89. The summed E-state index contributed by atoms with van der Waals surface area (Å²) < 4.78 is 58.2. The molecule has 0 unspecified atom stereocenters. The first-order valence-electron chi connectivity index (χ1n) is 8.55. The highest BCUT2D eigenvalue weighted by atomic mass is 19.4. The van der Waals surface area contributed by atoms with Crippen LogP contribution in [0.3, 0.4) is 0 Å². The van der Waals surface area contributed by atoms with Crippen LogP contribution in [0.5, 0.6) is 11.5 Å². The molecule has 0 spiro atoms. The van der Waals surface area contributed by atoms with Crippen molar-refractivity contribution in [1.82, 2.24) is 5.32 Å². The number of nitrogens with one attached hydrogen (secondary N) is 1. The number of carbonyl (C=O) groups excluding carboxylic acids is 1. The smallest absolute Gasteiger partial charge is 0.455 e. The van der Waals surface area contributed by atoms with Crippen molar-refractivity contribution >= 4 is 11.6 Å². The topological polar surface area (TPSA) is 41.6 Å². The van der Waals surface area contributed by atoms with Crippen LogP contribution in [0.1, 0.15) is 24.4 Å². The fraction of sp³-hybridized carbons (Fsp3) is 0.316. The minimum atomic E-state index is -4.97. The van der Waals surface area contributed by atoms with Gasteiger partial charge < -0.3 is 15.0 Å². The molecule has 2 aromatic rings. The van der Waals surface area contributed by atoms with Gasteiger partial charge >= 0.3 is 12.1 Å². The molecule has 0 bridgehead atoms. The Morgan fingerprint density at radius 1 is 1.15 bits per heavy atom. The van der Waals surface area contributed by atoms with Crippen LogP contribution < -0.4 is 15.0 Å². The van der Waals surface area contributed by atoms with Crippen molar-refractivity contribution < 1.29 is 27.1 Å². The number of hydrogen-bond acceptors (Lipinski definition) is 3. The predicted octanol–water partition coefficient (Wildman–Crippen LogP) is 4.32. The minimum absolute atomic E-state index is 0.377. The SMILES string of the molecule is O=C(N[C@@H]1CCCN2c3cc(F)ccc3Oc3ccccc3[C@H]12)C(F)(F)F. The van der Waals surface area contributed by atoms with Crippen LogP contribution in [0, 0.1) is 5.82 Å². The molecular formula is C19H16F4N2O2. The maximum atomic E-state index is 13.9. The molecule has 1 saturated heterocycles. The van der Waals surface area contributed by atoms with Crippen LogP contribution in [0.4, 0.5) is 23.2 Å². The molecule has 1 fully saturated rings. The second kappa shape index (κ2) is 6.44. The number of amides is 1. The summed E-state index contributed by atoms with van der Waals surface area (Å²) in [5.41, 5.74) is 1.11. The van der Waals surface area contributed by atoms with E-state index in [1.54, 1.807) is 24.3 Å². The van der Waals surface area contributed by atoms with Crippen molar-refractivity contribution in [3.63, 3.8) is 0 Å². The van der Waals surface area contributed by atoms with Gasteiger partial charge in [0.2, 0.25) is 0 Å². The Kier molecular flexibility index (Phi) is 4.20. The van der Waals surface area contributed by atoms with E-state index in [0.717, 1.165) is 0 Å². The Morgan fingerprint density at radius 3 is 2.70 bits per heavy atom. The zero-order valence-corrected chi connectivity index (χ0v) is 14.1. The number of alkyl halides is 3. The molecule has 1 amide bonds. The molecule has 0 aliphatic carbocycles. The molecule has 4 rings (SSSR count). The number of benzene rings is 2. The fourth-order valence-corrected chi connectivity index (χ4v) is 3.79. The van der Waals surface area contributed by atoms with E-state index in [4.69, 9.17) is 4.74 Å². The fourth-order valence-electron chi connectivity index (χ4n) is 3.79. The number of hydrogen-bond donors (Lipinski definition) is 1. The van der Waals surface area contributed by atoms with Gasteiger partial charge in [0.05, 0.1) is 17.8 Å². The third kappa shape index (κ3) is 3.20. The minimum Gasteiger partial charge on any atom is -0.455 e. The summed E-state index contributed by atoms with van der Waals surface area (Å²) in [5.74, 6) is -1.54. The summed E-state index contributed by atoms with van der Waals surface area (Å²) in [5, 5.41) is 2.12. The first kappa shape index (κ1) is 17.6. The number of para-hydroxylation sites is 1. The summed E-state index contributed by atoms with van der Waals surface area (Å²) in [6.45, 7) is 0.511. The Bertz CT molecular complexity index is 884. The Labute approximate surface area is 152 Å². The molecule has 1 N–H and O–H groups in total. The van der Waals surface area contributed by atoms with Gasteiger partial charge in [-0.15, -0.1) is 0 Å². The van der Waals surface area contributed by atoms with E-state index in [1.807, 2.05) is 4.90 Å². The Morgan fingerprint density at radius 2 is 1.93 bits per heavy atom. The van der Waals surface area contributed by atoms with Gasteiger partial charge in [0.15, 0.2) is 5.75 Å². The Balaban J connectivity index is 1.81. The summed E-state index contributed by atoms with van der Waals surface area (Å²) in [7, 11) is 0. The lowest BCUT2D eigenvalue weighted by Gasteiger charge is -2.42. The lowest BCUT2D eigenvalue weighted by atomic mass is 9.89. The predicted molar refractivity (Wildman–Crippen MR) is 90.2 cm³/mol. The number of carbonyl (C=O) groups is 1. The molecule has 27 heavy (non-hydrogen) atoms. The Hall–Kier alpha value is -2.77. The first-order valence-corrected chi connectivity index (χ1v) is 8.55. The van der Waals surface area contributed by atoms with E-state index in [1.165, 1.54) is 18.2 Å². The molecule has 2 atom stereocenters. The van der Waals surface area contributed by atoms with Gasteiger partial charge in [0.1, 0.15) is 11.6 Å². The number of rotatable bonds is 1. The molecule has 4 nitrogen and oxygen atoms in total. The quantitative estimate of drug-likeness (QED) is 0.750. The molecule has 2 heterocycles. The van der Waals surface area contributed by atoms with E-state index < -0.39 is 30.0 Å². The second-order valence-corrected chi connectivity index (χ2v) is 6.61. The maximum absolute atomic E-state index is 13.9. The van der Waals surface area contributed by atoms with Gasteiger partial charge in [-0.05, 0) is 31.0 Å². The van der Waals surface area contributed by atoms with Crippen molar-refractivity contribution in [2.24, 2.45) is 0 Å². The first-order chi connectivity index (χ1) is 12.8. The van der Waals surface area contributed by atoms with Crippen molar-refractivity contribution in [2.75, 3.05) is 11.4 Å². The van der Waals surface area contributed by atoms with Crippen LogP contribution in [0.15, 0.2) is 42.5 Å². The molecule has 2 aromatic carbocycles. The largest absolute Gasteiger partial charge is 0.471 e. The maximum Gasteiger partial charge on any atom is 0.471 e. The monoisotopic (exact) mass is 380 g/mol. The average Bonchev–Trinajstić information content (AvgIpc) is 2.76. The summed E-state index contributed by atoms with van der Waals surface area (Å²) >= 11 is 0. The zero-order valence-electron chi connectivity index (χ0n) is 14.1. The van der Waals surface area contributed by atoms with E-state index in [-0.39, 0.29) is 0 Å². The van der Waals surface area contributed by atoms with Crippen molar-refractivity contribution in [3.05, 3.63) is 53.8 Å². The molecule has 142 valence electrons. The standard InChI is InChI=1S/C19H16F4N2O2/c20-11-7-8-16-14(10-11)25-9-3-5-13(24-18(26)19(21,22)23)17(25)12-4-1-2-6-15(12)27-16/h1-2,4,6-8,10,13,17H,3,5,9H2,(H,24,26)/t13-,17-/m1/s1. The lowest BCUT2D eigenvalue weighted by molar-refractivity contribution is -0.174. The summed E-state index contributed by atoms with van der Waals surface area (Å²) in [4.78, 5) is 13.4.